The maximum absolute atomic E-state index is 11.7. The number of nitrogens with zero attached hydrogens (tertiary/aromatic N) is 4. The predicted molar refractivity (Wildman–Crippen MR) is 63.2 cm³/mol. The van der Waals surface area contributed by atoms with Crippen molar-refractivity contribution >= 4 is 15.9 Å². The van der Waals surface area contributed by atoms with Gasteiger partial charge in [-0.2, -0.15) is 0 Å². The van der Waals surface area contributed by atoms with Crippen LogP contribution in [0.25, 0.3) is 0 Å². The lowest BCUT2D eigenvalue weighted by Crippen LogP contribution is -2.22. The molecule has 16 heavy (non-hydrogen) atoms. The molecular weight excluding hydrogens is 272 g/mol. The minimum atomic E-state index is -0.0844. The van der Waals surface area contributed by atoms with Gasteiger partial charge in [-0.3, -0.25) is 9.36 Å². The first kappa shape index (κ1) is 11.1. The summed E-state index contributed by atoms with van der Waals surface area (Å²) in [5.74, 6) is 0. The lowest BCUT2D eigenvalue weighted by Gasteiger charge is -2.07. The van der Waals surface area contributed by atoms with Gasteiger partial charge < -0.3 is 4.57 Å². The van der Waals surface area contributed by atoms with E-state index < -0.39 is 0 Å². The van der Waals surface area contributed by atoms with Crippen LogP contribution in [0.3, 0.4) is 0 Å². The molecule has 84 valence electrons. The quantitative estimate of drug-likeness (QED) is 0.852. The molecule has 0 aromatic carbocycles. The summed E-state index contributed by atoms with van der Waals surface area (Å²) in [6.07, 6.45) is 6.54. The number of rotatable bonds is 3. The van der Waals surface area contributed by atoms with Gasteiger partial charge in [0.05, 0.1) is 24.9 Å². The molecule has 0 amide bonds. The number of aromatic nitrogens is 4. The van der Waals surface area contributed by atoms with Crippen LogP contribution in [0.4, 0.5) is 0 Å². The van der Waals surface area contributed by atoms with E-state index in [-0.39, 0.29) is 5.56 Å². The van der Waals surface area contributed by atoms with Crippen molar-refractivity contribution in [3.8, 4) is 0 Å². The number of hydrogen-bond donors (Lipinski definition) is 0. The Balaban J connectivity index is 2.34. The van der Waals surface area contributed by atoms with Gasteiger partial charge in [-0.1, -0.05) is 0 Å². The molecule has 2 aromatic rings. The van der Waals surface area contributed by atoms with Crippen molar-refractivity contribution in [2.24, 2.45) is 0 Å². The third kappa shape index (κ3) is 2.06. The fraction of sp³-hybridized carbons (Fsp3) is 0.300. The molecule has 2 aromatic heterocycles. The fourth-order valence-corrected chi connectivity index (χ4v) is 1.82. The molecule has 0 aliphatic heterocycles. The fourth-order valence-electron chi connectivity index (χ4n) is 1.48. The lowest BCUT2D eigenvalue weighted by molar-refractivity contribution is 0.646. The zero-order valence-electron chi connectivity index (χ0n) is 8.80. The average Bonchev–Trinajstić information content (AvgIpc) is 2.72. The first-order valence-electron chi connectivity index (χ1n) is 4.91. The van der Waals surface area contributed by atoms with Gasteiger partial charge in [-0.25, -0.2) is 9.97 Å². The van der Waals surface area contributed by atoms with Gasteiger partial charge in [0.25, 0.3) is 5.56 Å². The standard InChI is InChI=1S/C10H11BrN4O/c1-2-14-6-12-3-8(14)5-15-7-13-4-9(11)10(15)16/h3-4,6-7H,2,5H2,1H3. The SMILES string of the molecule is CCn1cncc1Cn1cncc(Br)c1=O. The largest absolute Gasteiger partial charge is 0.333 e. The van der Waals surface area contributed by atoms with Gasteiger partial charge in [0.2, 0.25) is 0 Å². The van der Waals surface area contributed by atoms with Crippen molar-refractivity contribution in [2.75, 3.05) is 0 Å². The second-order valence-electron chi connectivity index (χ2n) is 3.35. The van der Waals surface area contributed by atoms with E-state index in [0.29, 0.717) is 11.0 Å². The highest BCUT2D eigenvalue weighted by atomic mass is 79.9. The normalized spacial score (nSPS) is 10.6. The third-order valence-corrected chi connectivity index (χ3v) is 2.87. The van der Waals surface area contributed by atoms with Crippen LogP contribution in [0.1, 0.15) is 12.6 Å². The molecule has 0 unspecified atom stereocenters. The van der Waals surface area contributed by atoms with Gasteiger partial charge in [0.15, 0.2) is 0 Å². The van der Waals surface area contributed by atoms with E-state index in [0.717, 1.165) is 12.2 Å². The molecular formula is C10H11BrN4O. The summed E-state index contributed by atoms with van der Waals surface area (Å²) < 4.78 is 4.01. The van der Waals surface area contributed by atoms with Gasteiger partial charge in [-0.05, 0) is 22.9 Å². The van der Waals surface area contributed by atoms with Gasteiger partial charge in [-0.15, -0.1) is 0 Å². The van der Waals surface area contributed by atoms with Gasteiger partial charge in [0, 0.05) is 18.9 Å². The van der Waals surface area contributed by atoms with E-state index in [9.17, 15) is 4.79 Å². The van der Waals surface area contributed by atoms with Crippen molar-refractivity contribution in [1.29, 1.82) is 0 Å². The molecule has 0 aliphatic rings. The zero-order chi connectivity index (χ0) is 11.5. The molecule has 5 nitrogen and oxygen atoms in total. The minimum Gasteiger partial charge on any atom is -0.333 e. The Morgan fingerprint density at radius 2 is 1.94 bits per heavy atom. The summed E-state index contributed by atoms with van der Waals surface area (Å²) in [5.41, 5.74) is 0.906. The molecule has 2 rings (SSSR count). The summed E-state index contributed by atoms with van der Waals surface area (Å²) >= 11 is 3.17. The number of imidazole rings is 1. The maximum atomic E-state index is 11.7. The molecule has 0 aliphatic carbocycles. The molecule has 2 heterocycles. The Labute approximate surface area is 101 Å². The number of halogens is 1. The van der Waals surface area contributed by atoms with Crippen LogP contribution in [0.2, 0.25) is 0 Å². The average molecular weight is 283 g/mol. The Bertz CT molecular complexity index is 546. The van der Waals surface area contributed by atoms with Crippen molar-refractivity contribution in [3.63, 3.8) is 0 Å². The molecule has 0 N–H and O–H groups in total. The van der Waals surface area contributed by atoms with Gasteiger partial charge in [0.1, 0.15) is 4.47 Å². The topological polar surface area (TPSA) is 52.7 Å². The van der Waals surface area contributed by atoms with Gasteiger partial charge >= 0.3 is 0 Å². The second kappa shape index (κ2) is 4.61. The summed E-state index contributed by atoms with van der Waals surface area (Å²) in [6.45, 7) is 3.36. The highest BCUT2D eigenvalue weighted by molar-refractivity contribution is 9.10. The molecule has 0 spiro atoms. The Hall–Kier alpha value is -1.43. The number of hydrogen-bond acceptors (Lipinski definition) is 3. The summed E-state index contributed by atoms with van der Waals surface area (Å²) in [6, 6.07) is 0. The summed E-state index contributed by atoms with van der Waals surface area (Å²) in [5, 5.41) is 0. The molecule has 0 atom stereocenters. The van der Waals surface area contributed by atoms with Crippen LogP contribution < -0.4 is 5.56 Å². The van der Waals surface area contributed by atoms with E-state index in [1.54, 1.807) is 17.1 Å². The molecule has 0 saturated carbocycles. The van der Waals surface area contributed by atoms with Crippen LogP contribution in [0.5, 0.6) is 0 Å². The minimum absolute atomic E-state index is 0.0844. The molecule has 0 bridgehead atoms. The van der Waals surface area contributed by atoms with Crippen LogP contribution in [-0.2, 0) is 13.1 Å². The van der Waals surface area contributed by atoms with E-state index in [4.69, 9.17) is 0 Å². The first-order chi connectivity index (χ1) is 7.72. The summed E-state index contributed by atoms with van der Waals surface area (Å²) in [7, 11) is 0. The third-order valence-electron chi connectivity index (χ3n) is 2.33. The van der Waals surface area contributed by atoms with Crippen LogP contribution in [0.15, 0.2) is 34.3 Å². The maximum Gasteiger partial charge on any atom is 0.267 e. The molecule has 0 fully saturated rings. The van der Waals surface area contributed by atoms with Crippen molar-refractivity contribution < 1.29 is 0 Å². The van der Waals surface area contributed by atoms with Crippen molar-refractivity contribution in [1.82, 2.24) is 19.1 Å². The van der Waals surface area contributed by atoms with Crippen LogP contribution in [0, 0.1) is 0 Å². The van der Waals surface area contributed by atoms with E-state index in [1.807, 2.05) is 11.5 Å². The second-order valence-corrected chi connectivity index (χ2v) is 4.20. The van der Waals surface area contributed by atoms with E-state index in [2.05, 4.69) is 25.9 Å². The number of aryl methyl sites for hydroxylation is 1. The zero-order valence-corrected chi connectivity index (χ0v) is 10.4. The lowest BCUT2D eigenvalue weighted by atomic mass is 10.4. The Morgan fingerprint density at radius 3 is 2.69 bits per heavy atom. The smallest absolute Gasteiger partial charge is 0.267 e. The molecule has 0 saturated heterocycles. The Kier molecular flexibility index (Phi) is 3.19. The monoisotopic (exact) mass is 282 g/mol. The van der Waals surface area contributed by atoms with Crippen molar-refractivity contribution in [3.05, 3.63) is 45.6 Å². The van der Waals surface area contributed by atoms with E-state index in [1.165, 1.54) is 12.5 Å². The van der Waals surface area contributed by atoms with Crippen LogP contribution >= 0.6 is 15.9 Å². The van der Waals surface area contributed by atoms with E-state index >= 15 is 0 Å². The Morgan fingerprint density at radius 1 is 1.25 bits per heavy atom. The van der Waals surface area contributed by atoms with Crippen LogP contribution in [-0.4, -0.2) is 19.1 Å². The predicted octanol–water partition coefficient (Wildman–Crippen LogP) is 1.27. The highest BCUT2D eigenvalue weighted by Crippen LogP contribution is 2.03. The highest BCUT2D eigenvalue weighted by Gasteiger charge is 2.05. The molecule has 0 radical (unpaired) electrons. The van der Waals surface area contributed by atoms with Crippen molar-refractivity contribution in [2.45, 2.75) is 20.0 Å². The first-order valence-corrected chi connectivity index (χ1v) is 5.70. The summed E-state index contributed by atoms with van der Waals surface area (Å²) in [4.78, 5) is 19.8. The molecule has 6 heteroatoms.